The lowest BCUT2D eigenvalue weighted by Crippen LogP contribution is -2.31. The van der Waals surface area contributed by atoms with E-state index in [1.165, 1.54) is 16.7 Å². The van der Waals surface area contributed by atoms with Gasteiger partial charge in [-0.2, -0.15) is 0 Å². The van der Waals surface area contributed by atoms with Crippen molar-refractivity contribution in [3.05, 3.63) is 64.6 Å². The van der Waals surface area contributed by atoms with E-state index in [0.717, 1.165) is 12.0 Å². The molecule has 0 spiro atoms. The third kappa shape index (κ3) is 3.98. The van der Waals surface area contributed by atoms with Gasteiger partial charge in [-0.25, -0.2) is 4.90 Å². The SMILES string of the molecule is CCCOc1ccccc1N1C(=O)C(SCCO)=C(c2ccc(C)cc2)C1=O. The van der Waals surface area contributed by atoms with E-state index in [-0.39, 0.29) is 18.4 Å². The second-order valence-corrected chi connectivity index (χ2v) is 7.51. The number of hydrogen-bond donors (Lipinski definition) is 1. The maximum atomic E-state index is 13.3. The van der Waals surface area contributed by atoms with E-state index in [2.05, 4.69) is 0 Å². The highest BCUT2D eigenvalue weighted by Crippen LogP contribution is 2.41. The second kappa shape index (κ2) is 9.08. The number of ether oxygens (including phenoxy) is 1. The molecule has 0 saturated carbocycles. The highest BCUT2D eigenvalue weighted by molar-refractivity contribution is 8.04. The van der Waals surface area contributed by atoms with E-state index in [0.29, 0.717) is 39.8 Å². The summed E-state index contributed by atoms with van der Waals surface area (Å²) < 4.78 is 5.76. The van der Waals surface area contributed by atoms with Crippen molar-refractivity contribution < 1.29 is 19.4 Å². The number of benzene rings is 2. The van der Waals surface area contributed by atoms with E-state index in [4.69, 9.17) is 4.74 Å². The van der Waals surface area contributed by atoms with E-state index in [9.17, 15) is 14.7 Å². The lowest BCUT2D eigenvalue weighted by molar-refractivity contribution is -0.119. The van der Waals surface area contributed by atoms with Crippen LogP contribution in [0, 0.1) is 6.92 Å². The van der Waals surface area contributed by atoms with Gasteiger partial charge in [-0.3, -0.25) is 9.59 Å². The summed E-state index contributed by atoms with van der Waals surface area (Å²) in [5.41, 5.74) is 2.57. The number of rotatable bonds is 8. The molecule has 1 heterocycles. The Bertz CT molecular complexity index is 905. The number of aryl methyl sites for hydroxylation is 1. The van der Waals surface area contributed by atoms with Gasteiger partial charge in [0.1, 0.15) is 5.75 Å². The van der Waals surface area contributed by atoms with Crippen molar-refractivity contribution in [1.82, 2.24) is 0 Å². The van der Waals surface area contributed by atoms with Crippen molar-refractivity contribution in [3.8, 4) is 5.75 Å². The summed E-state index contributed by atoms with van der Waals surface area (Å²) in [7, 11) is 0. The number of imide groups is 1. The Morgan fingerprint density at radius 3 is 2.43 bits per heavy atom. The standard InChI is InChI=1S/C22H23NO4S/c1-3-13-27-18-7-5-4-6-17(18)23-21(25)19(16-10-8-15(2)9-11-16)20(22(23)26)28-14-12-24/h4-11,24H,3,12-14H2,1-2H3. The van der Waals surface area contributed by atoms with E-state index in [1.807, 2.05) is 44.2 Å². The molecule has 1 aliphatic heterocycles. The summed E-state index contributed by atoms with van der Waals surface area (Å²) in [5, 5.41) is 9.22. The van der Waals surface area contributed by atoms with Crippen molar-refractivity contribution in [3.63, 3.8) is 0 Å². The Kier molecular flexibility index (Phi) is 6.54. The minimum atomic E-state index is -0.383. The van der Waals surface area contributed by atoms with Crippen molar-refractivity contribution >= 4 is 34.8 Å². The minimum absolute atomic E-state index is 0.0764. The normalized spacial score (nSPS) is 14.2. The van der Waals surface area contributed by atoms with Crippen LogP contribution in [0.1, 0.15) is 24.5 Å². The van der Waals surface area contributed by atoms with Crippen molar-refractivity contribution in [1.29, 1.82) is 0 Å². The molecular formula is C22H23NO4S. The van der Waals surface area contributed by atoms with Crippen LogP contribution in [0.5, 0.6) is 5.75 Å². The van der Waals surface area contributed by atoms with Gasteiger partial charge in [0.2, 0.25) is 0 Å². The Morgan fingerprint density at radius 1 is 1.04 bits per heavy atom. The number of thioether (sulfide) groups is 1. The quantitative estimate of drug-likeness (QED) is 0.687. The molecule has 2 aromatic rings. The number of hydrogen-bond acceptors (Lipinski definition) is 5. The molecule has 0 unspecified atom stereocenters. The molecule has 0 aliphatic carbocycles. The van der Waals surface area contributed by atoms with Crippen LogP contribution < -0.4 is 9.64 Å². The van der Waals surface area contributed by atoms with Gasteiger partial charge >= 0.3 is 0 Å². The number of nitrogens with zero attached hydrogens (tertiary/aromatic N) is 1. The summed E-state index contributed by atoms with van der Waals surface area (Å²) in [6.45, 7) is 4.38. The maximum absolute atomic E-state index is 13.3. The summed E-state index contributed by atoms with van der Waals surface area (Å²) >= 11 is 1.20. The third-order valence-corrected chi connectivity index (χ3v) is 5.34. The van der Waals surface area contributed by atoms with Gasteiger partial charge in [0, 0.05) is 5.75 Å². The van der Waals surface area contributed by atoms with Gasteiger partial charge in [-0.05, 0) is 31.0 Å². The monoisotopic (exact) mass is 397 g/mol. The molecule has 2 amide bonds. The van der Waals surface area contributed by atoms with Gasteiger partial charge in [-0.1, -0.05) is 48.9 Å². The summed E-state index contributed by atoms with van der Waals surface area (Å²) in [6.07, 6.45) is 0.820. The zero-order valence-electron chi connectivity index (χ0n) is 16.0. The van der Waals surface area contributed by atoms with Gasteiger partial charge in [0.15, 0.2) is 0 Å². The Hall–Kier alpha value is -2.57. The van der Waals surface area contributed by atoms with Gasteiger partial charge in [0.05, 0.1) is 29.4 Å². The molecule has 0 aromatic heterocycles. The first-order valence-corrected chi connectivity index (χ1v) is 10.2. The molecule has 146 valence electrons. The molecular weight excluding hydrogens is 374 g/mol. The molecule has 28 heavy (non-hydrogen) atoms. The average molecular weight is 397 g/mol. The molecule has 2 aromatic carbocycles. The first-order valence-electron chi connectivity index (χ1n) is 9.24. The average Bonchev–Trinajstić information content (AvgIpc) is 2.95. The lowest BCUT2D eigenvalue weighted by atomic mass is 10.0. The van der Waals surface area contributed by atoms with Crippen LogP contribution in [0.4, 0.5) is 5.69 Å². The van der Waals surface area contributed by atoms with Crippen LogP contribution in [-0.2, 0) is 9.59 Å². The van der Waals surface area contributed by atoms with Crippen molar-refractivity contribution in [2.75, 3.05) is 23.9 Å². The topological polar surface area (TPSA) is 66.8 Å². The first kappa shape index (κ1) is 20.2. The van der Waals surface area contributed by atoms with E-state index in [1.54, 1.807) is 18.2 Å². The number of amides is 2. The molecule has 0 bridgehead atoms. The minimum Gasteiger partial charge on any atom is -0.491 e. The zero-order valence-corrected chi connectivity index (χ0v) is 16.8. The Labute approximate surface area is 169 Å². The lowest BCUT2D eigenvalue weighted by Gasteiger charge is -2.19. The molecule has 6 heteroatoms. The van der Waals surface area contributed by atoms with Crippen LogP contribution in [0.15, 0.2) is 53.4 Å². The predicted octanol–water partition coefficient (Wildman–Crippen LogP) is 3.79. The molecule has 1 aliphatic rings. The fourth-order valence-corrected chi connectivity index (χ4v) is 3.82. The number of anilines is 1. The number of aliphatic hydroxyl groups excluding tert-OH is 1. The molecule has 1 N–H and O–H groups in total. The third-order valence-electron chi connectivity index (χ3n) is 4.29. The molecule has 0 saturated heterocycles. The molecule has 0 radical (unpaired) electrons. The Balaban J connectivity index is 2.05. The van der Waals surface area contributed by atoms with Crippen LogP contribution in [0.2, 0.25) is 0 Å². The van der Waals surface area contributed by atoms with Crippen molar-refractivity contribution in [2.45, 2.75) is 20.3 Å². The summed E-state index contributed by atoms with van der Waals surface area (Å²) in [5.74, 6) is 0.0852. The molecule has 0 fully saturated rings. The smallest absolute Gasteiger partial charge is 0.272 e. The molecule has 3 rings (SSSR count). The van der Waals surface area contributed by atoms with Gasteiger partial charge < -0.3 is 9.84 Å². The van der Waals surface area contributed by atoms with Crippen LogP contribution in [-0.4, -0.2) is 35.9 Å². The molecule has 5 nitrogen and oxygen atoms in total. The summed E-state index contributed by atoms with van der Waals surface area (Å²) in [6, 6.07) is 14.6. The first-order chi connectivity index (χ1) is 13.6. The number of carbonyl (C=O) groups excluding carboxylic acids is 2. The van der Waals surface area contributed by atoms with Crippen LogP contribution >= 0.6 is 11.8 Å². The van der Waals surface area contributed by atoms with Gasteiger partial charge in [-0.15, -0.1) is 11.8 Å². The highest BCUT2D eigenvalue weighted by atomic mass is 32.2. The second-order valence-electron chi connectivity index (χ2n) is 6.40. The fraction of sp³-hybridized carbons (Fsp3) is 0.273. The van der Waals surface area contributed by atoms with E-state index < -0.39 is 0 Å². The highest BCUT2D eigenvalue weighted by Gasteiger charge is 2.41. The number of carbonyl (C=O) groups is 2. The fourth-order valence-electron chi connectivity index (χ4n) is 2.96. The largest absolute Gasteiger partial charge is 0.491 e. The number of para-hydroxylation sites is 2. The summed E-state index contributed by atoms with van der Waals surface area (Å²) in [4.78, 5) is 28.0. The van der Waals surface area contributed by atoms with E-state index >= 15 is 0 Å². The van der Waals surface area contributed by atoms with Gasteiger partial charge in [0.25, 0.3) is 11.8 Å². The zero-order chi connectivity index (χ0) is 20.1. The number of aliphatic hydroxyl groups is 1. The van der Waals surface area contributed by atoms with Crippen LogP contribution in [0.3, 0.4) is 0 Å². The maximum Gasteiger partial charge on any atom is 0.272 e. The molecule has 0 atom stereocenters. The Morgan fingerprint density at radius 2 is 1.75 bits per heavy atom. The van der Waals surface area contributed by atoms with Crippen LogP contribution in [0.25, 0.3) is 5.57 Å². The predicted molar refractivity (Wildman–Crippen MR) is 112 cm³/mol. The van der Waals surface area contributed by atoms with Crippen molar-refractivity contribution in [2.24, 2.45) is 0 Å².